The highest BCUT2D eigenvalue weighted by Gasteiger charge is 2.29. The molecular weight excluding hydrogens is 483 g/mol. The summed E-state index contributed by atoms with van der Waals surface area (Å²) in [6.45, 7) is 1.91. The summed E-state index contributed by atoms with van der Waals surface area (Å²) in [5.74, 6) is 0.000485. The van der Waals surface area contributed by atoms with Gasteiger partial charge in [0.25, 0.3) is 15.9 Å². The summed E-state index contributed by atoms with van der Waals surface area (Å²) >= 11 is 12.0. The van der Waals surface area contributed by atoms with Gasteiger partial charge in [-0.2, -0.15) is 0 Å². The molecule has 1 N–H and O–H groups in total. The number of nitrogens with one attached hydrogen (secondary N) is 1. The minimum absolute atomic E-state index is 0.180. The number of para-hydroxylation sites is 1. The predicted molar refractivity (Wildman–Crippen MR) is 131 cm³/mol. The van der Waals surface area contributed by atoms with Crippen LogP contribution in [-0.2, 0) is 21.2 Å². The fourth-order valence-electron chi connectivity index (χ4n) is 3.75. The minimum atomic E-state index is -3.72. The van der Waals surface area contributed by atoms with Crippen molar-refractivity contribution in [1.82, 2.24) is 0 Å². The smallest absolute Gasteiger partial charge is 0.264 e. The Labute approximate surface area is 203 Å². The number of halogens is 2. The third kappa shape index (κ3) is 4.95. The molecule has 0 spiro atoms. The molecule has 3 aromatic carbocycles. The van der Waals surface area contributed by atoms with E-state index in [2.05, 4.69) is 5.32 Å². The Balaban J connectivity index is 1.47. The van der Waals surface area contributed by atoms with Crippen molar-refractivity contribution in [3.63, 3.8) is 0 Å². The van der Waals surface area contributed by atoms with Crippen molar-refractivity contribution in [2.45, 2.75) is 24.7 Å². The highest BCUT2D eigenvalue weighted by molar-refractivity contribution is 7.92. The van der Waals surface area contributed by atoms with Gasteiger partial charge in [-0.15, -0.1) is 0 Å². The number of hydrogen-bond acceptors (Lipinski definition) is 4. The lowest BCUT2D eigenvalue weighted by Crippen LogP contribution is -2.35. The SMILES string of the molecule is Cc1cc(S(=O)(=O)N2CCCc3ccccc32)ccc1OCC(=O)Nc1cccc(Cl)c1Cl. The maximum atomic E-state index is 13.3. The standard InChI is InChI=1S/C24H22Cl2N2O4S/c1-16-14-18(33(30,31)28-13-5-7-17-6-2-3-10-21(17)28)11-12-22(16)32-15-23(29)27-20-9-4-8-19(25)24(20)26/h2-4,6,8-12,14H,5,7,13,15H2,1H3,(H,27,29). The summed E-state index contributed by atoms with van der Waals surface area (Å²) in [7, 11) is -3.72. The van der Waals surface area contributed by atoms with Gasteiger partial charge in [-0.25, -0.2) is 8.42 Å². The van der Waals surface area contributed by atoms with Gasteiger partial charge in [0.1, 0.15) is 5.75 Å². The van der Waals surface area contributed by atoms with Crippen LogP contribution in [0.5, 0.6) is 5.75 Å². The van der Waals surface area contributed by atoms with Crippen LogP contribution in [0.15, 0.2) is 65.6 Å². The van der Waals surface area contributed by atoms with Crippen LogP contribution in [0.4, 0.5) is 11.4 Å². The first kappa shape index (κ1) is 23.4. The first-order valence-corrected chi connectivity index (χ1v) is 12.5. The Kier molecular flexibility index (Phi) is 6.83. The Morgan fingerprint density at radius 3 is 2.67 bits per heavy atom. The maximum Gasteiger partial charge on any atom is 0.264 e. The molecular formula is C24H22Cl2N2O4S. The van der Waals surface area contributed by atoms with E-state index in [4.69, 9.17) is 27.9 Å². The summed E-state index contributed by atoms with van der Waals surface area (Å²) in [6.07, 6.45) is 1.62. The number of aryl methyl sites for hydroxylation is 2. The van der Waals surface area contributed by atoms with Gasteiger partial charge in [-0.1, -0.05) is 47.5 Å². The number of benzene rings is 3. The van der Waals surface area contributed by atoms with E-state index in [0.717, 1.165) is 24.1 Å². The molecule has 0 aromatic heterocycles. The van der Waals surface area contributed by atoms with E-state index in [0.29, 0.717) is 28.6 Å². The van der Waals surface area contributed by atoms with Gasteiger partial charge >= 0.3 is 0 Å². The number of amides is 1. The summed E-state index contributed by atoms with van der Waals surface area (Å²) < 4.78 is 33.8. The van der Waals surface area contributed by atoms with Crippen LogP contribution in [0.1, 0.15) is 17.5 Å². The molecule has 0 saturated heterocycles. The van der Waals surface area contributed by atoms with E-state index in [1.807, 2.05) is 24.3 Å². The van der Waals surface area contributed by atoms with E-state index in [9.17, 15) is 13.2 Å². The number of rotatable bonds is 6. The van der Waals surface area contributed by atoms with Crippen LogP contribution in [0, 0.1) is 6.92 Å². The average molecular weight is 505 g/mol. The molecule has 33 heavy (non-hydrogen) atoms. The monoisotopic (exact) mass is 504 g/mol. The topological polar surface area (TPSA) is 75.7 Å². The number of fused-ring (bicyclic) bond motifs is 1. The van der Waals surface area contributed by atoms with Gasteiger partial charge in [-0.05, 0) is 67.3 Å². The van der Waals surface area contributed by atoms with E-state index in [1.165, 1.54) is 10.4 Å². The Morgan fingerprint density at radius 2 is 1.88 bits per heavy atom. The molecule has 3 aromatic rings. The van der Waals surface area contributed by atoms with E-state index < -0.39 is 15.9 Å². The van der Waals surface area contributed by atoms with Gasteiger partial charge < -0.3 is 10.1 Å². The Morgan fingerprint density at radius 1 is 1.09 bits per heavy atom. The molecule has 9 heteroatoms. The van der Waals surface area contributed by atoms with Crippen LogP contribution in [0.3, 0.4) is 0 Å². The first-order valence-electron chi connectivity index (χ1n) is 10.4. The third-order valence-electron chi connectivity index (χ3n) is 5.39. The second-order valence-corrected chi connectivity index (χ2v) is 10.3. The third-order valence-corrected chi connectivity index (χ3v) is 8.01. The lowest BCUT2D eigenvalue weighted by atomic mass is 10.0. The minimum Gasteiger partial charge on any atom is -0.483 e. The number of ether oxygens (including phenoxy) is 1. The van der Waals surface area contributed by atoms with Crippen molar-refractivity contribution in [3.8, 4) is 5.75 Å². The molecule has 1 aliphatic rings. The number of sulfonamides is 1. The van der Waals surface area contributed by atoms with Gasteiger partial charge in [-0.3, -0.25) is 9.10 Å². The van der Waals surface area contributed by atoms with Gasteiger partial charge in [0, 0.05) is 6.54 Å². The van der Waals surface area contributed by atoms with E-state index >= 15 is 0 Å². The van der Waals surface area contributed by atoms with Crippen molar-refractivity contribution in [2.75, 3.05) is 22.8 Å². The molecule has 0 atom stereocenters. The fourth-order valence-corrected chi connectivity index (χ4v) is 5.72. The summed E-state index contributed by atoms with van der Waals surface area (Å²) in [6, 6.07) is 17.1. The Bertz CT molecular complexity index is 1310. The number of carbonyl (C=O) groups is 1. The molecule has 1 aliphatic heterocycles. The average Bonchev–Trinajstić information content (AvgIpc) is 2.80. The van der Waals surface area contributed by atoms with Crippen LogP contribution in [0.25, 0.3) is 0 Å². The number of nitrogens with zero attached hydrogens (tertiary/aromatic N) is 1. The van der Waals surface area contributed by atoms with E-state index in [1.54, 1.807) is 37.3 Å². The summed E-state index contributed by atoms with van der Waals surface area (Å²) in [4.78, 5) is 12.4. The summed E-state index contributed by atoms with van der Waals surface area (Å²) in [5, 5.41) is 3.23. The van der Waals surface area contributed by atoms with Crippen molar-refractivity contribution in [2.24, 2.45) is 0 Å². The van der Waals surface area contributed by atoms with Gasteiger partial charge in [0.2, 0.25) is 0 Å². The lowest BCUT2D eigenvalue weighted by Gasteiger charge is -2.30. The molecule has 1 amide bonds. The van der Waals surface area contributed by atoms with Crippen molar-refractivity contribution >= 4 is 50.5 Å². The molecule has 0 unspecified atom stereocenters. The molecule has 6 nitrogen and oxygen atoms in total. The maximum absolute atomic E-state index is 13.3. The zero-order valence-electron chi connectivity index (χ0n) is 17.8. The molecule has 0 bridgehead atoms. The highest BCUT2D eigenvalue weighted by atomic mass is 35.5. The number of hydrogen-bond donors (Lipinski definition) is 1. The molecule has 1 heterocycles. The van der Waals surface area contributed by atoms with Crippen LogP contribution < -0.4 is 14.4 Å². The fraction of sp³-hybridized carbons (Fsp3) is 0.208. The molecule has 0 fully saturated rings. The predicted octanol–water partition coefficient (Wildman–Crippen LogP) is 5.46. The molecule has 172 valence electrons. The second-order valence-electron chi connectivity index (χ2n) is 7.67. The molecule has 0 saturated carbocycles. The van der Waals surface area contributed by atoms with Crippen molar-refractivity contribution in [1.29, 1.82) is 0 Å². The van der Waals surface area contributed by atoms with Crippen molar-refractivity contribution < 1.29 is 17.9 Å². The molecule has 0 radical (unpaired) electrons. The summed E-state index contributed by atoms with van der Waals surface area (Å²) in [5.41, 5.74) is 2.74. The molecule has 0 aliphatic carbocycles. The second kappa shape index (κ2) is 9.63. The Hall–Kier alpha value is -2.74. The number of anilines is 2. The van der Waals surface area contributed by atoms with Crippen LogP contribution in [0.2, 0.25) is 10.0 Å². The van der Waals surface area contributed by atoms with E-state index in [-0.39, 0.29) is 16.5 Å². The highest BCUT2D eigenvalue weighted by Crippen LogP contribution is 2.33. The normalized spacial score (nSPS) is 13.4. The zero-order chi connectivity index (χ0) is 23.6. The van der Waals surface area contributed by atoms with Crippen LogP contribution in [-0.4, -0.2) is 27.5 Å². The molecule has 4 rings (SSSR count). The van der Waals surface area contributed by atoms with Crippen molar-refractivity contribution in [3.05, 3.63) is 81.8 Å². The number of carbonyl (C=O) groups excluding carboxylic acids is 1. The first-order chi connectivity index (χ1) is 15.8. The van der Waals surface area contributed by atoms with Crippen LogP contribution >= 0.6 is 23.2 Å². The largest absolute Gasteiger partial charge is 0.483 e. The quantitative estimate of drug-likeness (QED) is 0.483. The lowest BCUT2D eigenvalue weighted by molar-refractivity contribution is -0.118. The zero-order valence-corrected chi connectivity index (χ0v) is 20.2. The van der Waals surface area contributed by atoms with Gasteiger partial charge in [0.05, 0.1) is 26.3 Å². The van der Waals surface area contributed by atoms with Gasteiger partial charge in [0.15, 0.2) is 6.61 Å².